The first-order chi connectivity index (χ1) is 17.3. The van der Waals surface area contributed by atoms with Gasteiger partial charge in [0.1, 0.15) is 5.82 Å². The molecular formula is C27H32F3N5O. The summed E-state index contributed by atoms with van der Waals surface area (Å²) < 4.78 is 42.6. The number of anilines is 1. The van der Waals surface area contributed by atoms with Crippen LogP contribution in [-0.4, -0.2) is 64.5 Å². The summed E-state index contributed by atoms with van der Waals surface area (Å²) in [4.78, 5) is 24.1. The zero-order valence-electron chi connectivity index (χ0n) is 20.5. The van der Waals surface area contributed by atoms with Crippen LogP contribution in [0.2, 0.25) is 0 Å². The second-order valence-electron chi connectivity index (χ2n) is 9.66. The number of piperazine rings is 1. The van der Waals surface area contributed by atoms with Crippen molar-refractivity contribution in [3.8, 4) is 0 Å². The normalized spacial score (nSPS) is 19.7. The quantitative estimate of drug-likeness (QED) is 0.513. The Bertz CT molecular complexity index is 1220. The average molecular weight is 500 g/mol. The van der Waals surface area contributed by atoms with E-state index in [1.165, 1.54) is 12.1 Å². The van der Waals surface area contributed by atoms with E-state index in [1.54, 1.807) is 11.0 Å². The van der Waals surface area contributed by atoms with E-state index in [2.05, 4.69) is 22.5 Å². The van der Waals surface area contributed by atoms with Gasteiger partial charge in [-0.05, 0) is 50.6 Å². The van der Waals surface area contributed by atoms with Crippen molar-refractivity contribution in [1.82, 2.24) is 19.4 Å². The van der Waals surface area contributed by atoms with Gasteiger partial charge in [-0.1, -0.05) is 24.3 Å². The molecule has 0 radical (unpaired) electrons. The highest BCUT2D eigenvalue weighted by molar-refractivity contribution is 5.79. The molecule has 3 heterocycles. The number of carbonyl (C=O) groups is 1. The van der Waals surface area contributed by atoms with Crippen molar-refractivity contribution in [2.24, 2.45) is 5.92 Å². The predicted molar refractivity (Wildman–Crippen MR) is 134 cm³/mol. The highest BCUT2D eigenvalue weighted by Crippen LogP contribution is 2.37. The van der Waals surface area contributed by atoms with E-state index in [0.717, 1.165) is 48.9 Å². The monoisotopic (exact) mass is 499 g/mol. The molecule has 0 unspecified atom stereocenters. The molecule has 5 rings (SSSR count). The molecule has 1 atom stereocenters. The first-order valence-corrected chi connectivity index (χ1v) is 12.7. The molecule has 9 heteroatoms. The molecule has 1 aromatic heterocycles. The molecule has 2 aliphatic heterocycles. The number of amides is 1. The van der Waals surface area contributed by atoms with Crippen molar-refractivity contribution in [3.05, 3.63) is 59.9 Å². The van der Waals surface area contributed by atoms with Gasteiger partial charge in [-0.25, -0.2) is 4.98 Å². The van der Waals surface area contributed by atoms with Crippen molar-refractivity contribution in [3.63, 3.8) is 0 Å². The fourth-order valence-electron chi connectivity index (χ4n) is 5.61. The molecule has 36 heavy (non-hydrogen) atoms. The van der Waals surface area contributed by atoms with Crippen molar-refractivity contribution >= 4 is 22.6 Å². The van der Waals surface area contributed by atoms with Crippen LogP contribution in [0.5, 0.6) is 0 Å². The summed E-state index contributed by atoms with van der Waals surface area (Å²) in [5.41, 5.74) is 1.69. The summed E-state index contributed by atoms with van der Waals surface area (Å²) in [7, 11) is 0. The van der Waals surface area contributed by atoms with Gasteiger partial charge in [0.15, 0.2) is 0 Å². The van der Waals surface area contributed by atoms with Gasteiger partial charge in [0.05, 0.1) is 29.1 Å². The van der Waals surface area contributed by atoms with Gasteiger partial charge < -0.3 is 14.4 Å². The smallest absolute Gasteiger partial charge is 0.367 e. The third-order valence-electron chi connectivity index (χ3n) is 7.41. The minimum Gasteiger partial charge on any atom is -0.367 e. The van der Waals surface area contributed by atoms with Crippen molar-refractivity contribution < 1.29 is 18.0 Å². The van der Waals surface area contributed by atoms with Crippen LogP contribution in [0.3, 0.4) is 0 Å². The van der Waals surface area contributed by atoms with Crippen LogP contribution >= 0.6 is 0 Å². The van der Waals surface area contributed by atoms with Gasteiger partial charge in [0.25, 0.3) is 0 Å². The second kappa shape index (κ2) is 10.1. The number of fused-ring (bicyclic) bond motifs is 1. The number of piperidine rings is 1. The summed E-state index contributed by atoms with van der Waals surface area (Å²) >= 11 is 0. The lowest BCUT2D eigenvalue weighted by Gasteiger charge is -2.40. The number of aryl methyl sites for hydroxylation is 1. The maximum absolute atomic E-state index is 13.5. The summed E-state index contributed by atoms with van der Waals surface area (Å²) in [6, 6.07) is 13.8. The fourth-order valence-corrected chi connectivity index (χ4v) is 5.61. The third-order valence-corrected chi connectivity index (χ3v) is 7.41. The maximum Gasteiger partial charge on any atom is 0.418 e. The number of rotatable bonds is 5. The van der Waals surface area contributed by atoms with Crippen molar-refractivity contribution in [2.75, 3.05) is 44.2 Å². The average Bonchev–Trinajstić information content (AvgIpc) is 3.25. The molecule has 0 saturated carbocycles. The summed E-state index contributed by atoms with van der Waals surface area (Å²) in [5, 5.41) is 0. The maximum atomic E-state index is 13.5. The van der Waals surface area contributed by atoms with E-state index in [4.69, 9.17) is 4.98 Å². The molecule has 0 bridgehead atoms. The zero-order chi connectivity index (χ0) is 25.3. The Hall–Kier alpha value is -3.07. The van der Waals surface area contributed by atoms with Gasteiger partial charge >= 0.3 is 6.18 Å². The van der Waals surface area contributed by atoms with Crippen LogP contribution in [0.4, 0.5) is 18.9 Å². The zero-order valence-corrected chi connectivity index (χ0v) is 20.5. The van der Waals surface area contributed by atoms with Crippen LogP contribution in [0.25, 0.3) is 11.0 Å². The van der Waals surface area contributed by atoms with Crippen LogP contribution in [-0.2, 0) is 24.1 Å². The molecule has 0 spiro atoms. The Labute approximate surface area is 209 Å². The largest absolute Gasteiger partial charge is 0.418 e. The number of imidazole rings is 1. The van der Waals surface area contributed by atoms with Crippen LogP contribution in [0, 0.1) is 5.92 Å². The van der Waals surface area contributed by atoms with E-state index in [-0.39, 0.29) is 17.5 Å². The lowest BCUT2D eigenvalue weighted by molar-refractivity contribution is -0.139. The summed E-state index contributed by atoms with van der Waals surface area (Å²) in [6.45, 7) is 6.95. The minimum absolute atomic E-state index is 0.0905. The van der Waals surface area contributed by atoms with Gasteiger partial charge in [0.2, 0.25) is 5.91 Å². The molecule has 0 aliphatic carbocycles. The first-order valence-electron chi connectivity index (χ1n) is 12.7. The highest BCUT2D eigenvalue weighted by Gasteiger charge is 2.36. The number of para-hydroxylation sites is 3. The predicted octanol–water partition coefficient (Wildman–Crippen LogP) is 4.64. The Balaban J connectivity index is 1.21. The number of nitrogens with zero attached hydrogens (tertiary/aromatic N) is 5. The standard InChI is InChI=1S/C27H32F3N5O/c1-2-35-24-12-6-4-10-22(24)31-25(35)19-32-13-7-8-20(18-32)26(36)34-16-14-33(15-17-34)23-11-5-3-9-21(23)27(28,29)30/h3-6,9-12,20H,2,7-8,13-19H2,1H3/t20-/m0/s1. The molecule has 2 fully saturated rings. The third kappa shape index (κ3) is 4.93. The highest BCUT2D eigenvalue weighted by atomic mass is 19.4. The number of halogens is 3. The number of hydrogen-bond donors (Lipinski definition) is 0. The molecule has 6 nitrogen and oxygen atoms in total. The second-order valence-corrected chi connectivity index (χ2v) is 9.66. The van der Waals surface area contributed by atoms with Gasteiger partial charge in [-0.3, -0.25) is 9.69 Å². The van der Waals surface area contributed by atoms with E-state index >= 15 is 0 Å². The molecule has 3 aromatic rings. The van der Waals surface area contributed by atoms with E-state index < -0.39 is 11.7 Å². The molecule has 192 valence electrons. The SMILES string of the molecule is CCn1c(CN2CCC[C@H](C(=O)N3CCN(c4ccccc4C(F)(F)F)CC3)C2)nc2ccccc21. The Morgan fingerprint density at radius 1 is 1.00 bits per heavy atom. The first kappa shape index (κ1) is 24.6. The molecular weight excluding hydrogens is 467 g/mol. The van der Waals surface area contributed by atoms with Crippen molar-refractivity contribution in [2.45, 2.75) is 39.0 Å². The number of hydrogen-bond acceptors (Lipinski definition) is 4. The summed E-state index contributed by atoms with van der Waals surface area (Å²) in [6.07, 6.45) is -2.61. The van der Waals surface area contributed by atoms with E-state index in [0.29, 0.717) is 39.3 Å². The Kier molecular flexibility index (Phi) is 6.92. The van der Waals surface area contributed by atoms with Gasteiger partial charge in [-0.2, -0.15) is 13.2 Å². The number of aromatic nitrogens is 2. The Morgan fingerprint density at radius 3 is 2.47 bits per heavy atom. The molecule has 2 aromatic carbocycles. The van der Waals surface area contributed by atoms with E-state index in [9.17, 15) is 18.0 Å². The fraction of sp³-hybridized carbons (Fsp3) is 0.481. The van der Waals surface area contributed by atoms with E-state index in [1.807, 2.05) is 23.1 Å². The van der Waals surface area contributed by atoms with Crippen molar-refractivity contribution in [1.29, 1.82) is 0 Å². The van der Waals surface area contributed by atoms with Crippen LogP contribution in [0.1, 0.15) is 31.2 Å². The molecule has 2 aliphatic rings. The van der Waals surface area contributed by atoms with Gasteiger partial charge in [-0.15, -0.1) is 0 Å². The van der Waals surface area contributed by atoms with Crippen LogP contribution < -0.4 is 4.90 Å². The lowest BCUT2D eigenvalue weighted by Crippen LogP contribution is -2.52. The molecule has 1 amide bonds. The lowest BCUT2D eigenvalue weighted by atomic mass is 9.96. The number of alkyl halides is 3. The minimum atomic E-state index is -4.40. The Morgan fingerprint density at radius 2 is 1.72 bits per heavy atom. The topological polar surface area (TPSA) is 44.6 Å². The van der Waals surface area contributed by atoms with Gasteiger partial charge in [0, 0.05) is 45.0 Å². The molecule has 2 saturated heterocycles. The number of carbonyl (C=O) groups excluding carboxylic acids is 1. The number of benzene rings is 2. The van der Waals surface area contributed by atoms with Crippen LogP contribution in [0.15, 0.2) is 48.5 Å². The summed E-state index contributed by atoms with van der Waals surface area (Å²) in [5.74, 6) is 1.04. The number of likely N-dealkylation sites (tertiary alicyclic amines) is 1. The molecule has 0 N–H and O–H groups in total.